The number of hydrogen-bond acceptors (Lipinski definition) is 4. The van der Waals surface area contributed by atoms with Crippen molar-refractivity contribution < 1.29 is 26.4 Å². The molecule has 25 heavy (non-hydrogen) atoms. The molecule has 0 saturated carbocycles. The van der Waals surface area contributed by atoms with Crippen molar-refractivity contribution in [2.24, 2.45) is 4.99 Å². The number of hydrogen-bond donors (Lipinski definition) is 0. The summed E-state index contributed by atoms with van der Waals surface area (Å²) in [7, 11) is -3.32. The fourth-order valence-electron chi connectivity index (χ4n) is 2.85. The van der Waals surface area contributed by atoms with Gasteiger partial charge in [-0.1, -0.05) is 23.4 Å². The van der Waals surface area contributed by atoms with Crippen molar-refractivity contribution in [2.75, 3.05) is 16.4 Å². The number of rotatable bonds is 1. The zero-order valence-electron chi connectivity index (χ0n) is 12.7. The molecule has 5 nitrogen and oxygen atoms in total. The van der Waals surface area contributed by atoms with E-state index in [-0.39, 0.29) is 27.4 Å². The lowest BCUT2D eigenvalue weighted by atomic mass is 10.1. The minimum Gasteiger partial charge on any atom is -0.314 e. The van der Waals surface area contributed by atoms with Crippen LogP contribution in [-0.4, -0.2) is 42.3 Å². The van der Waals surface area contributed by atoms with Gasteiger partial charge in [0.25, 0.3) is 0 Å². The molecule has 0 bridgehead atoms. The summed E-state index contributed by atoms with van der Waals surface area (Å²) >= 11 is 7.15. The van der Waals surface area contributed by atoms with Crippen molar-refractivity contribution in [2.45, 2.75) is 24.4 Å². The van der Waals surface area contributed by atoms with Crippen molar-refractivity contribution >= 4 is 50.0 Å². The highest BCUT2D eigenvalue weighted by atomic mass is 35.5. The Labute approximate surface area is 151 Å². The number of nitrogens with zero attached hydrogens (tertiary/aromatic N) is 2. The second kappa shape index (κ2) is 6.17. The first-order chi connectivity index (χ1) is 11.5. The highest BCUT2D eigenvalue weighted by Gasteiger charge is 2.50. The molecule has 0 N–H and O–H groups in total. The maximum atomic E-state index is 13.0. The van der Waals surface area contributed by atoms with Crippen molar-refractivity contribution in [1.29, 1.82) is 0 Å². The number of benzene rings is 1. The largest absolute Gasteiger partial charge is 0.416 e. The molecule has 2 atom stereocenters. The number of sulfone groups is 1. The van der Waals surface area contributed by atoms with Crippen LogP contribution in [0.15, 0.2) is 23.2 Å². The van der Waals surface area contributed by atoms with Gasteiger partial charge in [0.05, 0.1) is 33.8 Å². The highest BCUT2D eigenvalue weighted by Crippen LogP contribution is 2.44. The minimum atomic E-state index is -4.58. The molecule has 2 aliphatic rings. The lowest BCUT2D eigenvalue weighted by Gasteiger charge is -2.26. The van der Waals surface area contributed by atoms with E-state index in [4.69, 9.17) is 11.6 Å². The second-order valence-electron chi connectivity index (χ2n) is 5.75. The first kappa shape index (κ1) is 18.5. The lowest BCUT2D eigenvalue weighted by Crippen LogP contribution is -2.38. The Morgan fingerprint density at radius 3 is 2.64 bits per heavy atom. The number of fused-ring (bicyclic) bond motifs is 1. The summed E-state index contributed by atoms with van der Waals surface area (Å²) in [5.41, 5.74) is -0.919. The van der Waals surface area contributed by atoms with E-state index >= 15 is 0 Å². The van der Waals surface area contributed by atoms with Crippen LogP contribution in [0.2, 0.25) is 5.02 Å². The standard InChI is InChI=1S/C14H12ClF3N2O3S2/c1-7(21)19-13-20(11-5-25(22,23)6-12(11)24-13)10-4-8(14(16,17)18)2-3-9(10)15/h2-4,11-12H,5-6H2,1H3/t11-,12+/m0/s1. The van der Waals surface area contributed by atoms with Crippen LogP contribution >= 0.6 is 23.4 Å². The molecule has 0 spiro atoms. The van der Waals surface area contributed by atoms with Crippen LogP contribution < -0.4 is 4.90 Å². The van der Waals surface area contributed by atoms with Gasteiger partial charge in [-0.2, -0.15) is 18.2 Å². The number of carbonyl (C=O) groups excluding carboxylic acids is 1. The van der Waals surface area contributed by atoms with Crippen LogP contribution in [0, 0.1) is 0 Å². The van der Waals surface area contributed by atoms with E-state index in [1.807, 2.05) is 0 Å². The third kappa shape index (κ3) is 3.65. The predicted octanol–water partition coefficient (Wildman–Crippen LogP) is 2.98. The van der Waals surface area contributed by atoms with Crippen molar-refractivity contribution in [3.05, 3.63) is 28.8 Å². The molecule has 0 radical (unpaired) electrons. The number of anilines is 1. The first-order valence-corrected chi connectivity index (χ1v) is 10.2. The number of thioether (sulfide) groups is 1. The third-order valence-corrected chi connectivity index (χ3v) is 7.38. The van der Waals surface area contributed by atoms with E-state index in [2.05, 4.69) is 4.99 Å². The maximum absolute atomic E-state index is 13.0. The van der Waals surface area contributed by atoms with Gasteiger partial charge in [0, 0.05) is 12.2 Å². The van der Waals surface area contributed by atoms with Crippen LogP contribution in [0.25, 0.3) is 0 Å². The molecular formula is C14H12ClF3N2O3S2. The molecule has 1 aromatic carbocycles. The summed E-state index contributed by atoms with van der Waals surface area (Å²) in [4.78, 5) is 16.6. The Morgan fingerprint density at radius 2 is 2.04 bits per heavy atom. The van der Waals surface area contributed by atoms with Crippen molar-refractivity contribution in [3.8, 4) is 0 Å². The van der Waals surface area contributed by atoms with E-state index in [1.165, 1.54) is 11.8 Å². The fourth-order valence-corrected chi connectivity index (χ4v) is 7.01. The van der Waals surface area contributed by atoms with Crippen molar-refractivity contribution in [3.63, 3.8) is 0 Å². The maximum Gasteiger partial charge on any atom is 0.416 e. The van der Waals surface area contributed by atoms with Crippen LogP contribution in [-0.2, 0) is 20.8 Å². The van der Waals surface area contributed by atoms with Crippen molar-refractivity contribution in [1.82, 2.24) is 0 Å². The topological polar surface area (TPSA) is 66.8 Å². The van der Waals surface area contributed by atoms with Gasteiger partial charge >= 0.3 is 6.18 Å². The first-order valence-electron chi connectivity index (χ1n) is 7.10. The molecule has 3 rings (SSSR count). The lowest BCUT2D eigenvalue weighted by molar-refractivity contribution is -0.137. The Kier molecular flexibility index (Phi) is 4.57. The molecule has 136 valence electrons. The number of alkyl halides is 3. The Bertz CT molecular complexity index is 871. The van der Waals surface area contributed by atoms with E-state index in [1.54, 1.807) is 0 Å². The average molecular weight is 413 g/mol. The number of amidine groups is 1. The molecule has 11 heteroatoms. The van der Waals surface area contributed by atoms with Gasteiger partial charge in [0.1, 0.15) is 0 Å². The quantitative estimate of drug-likeness (QED) is 0.709. The minimum absolute atomic E-state index is 0.00593. The van der Waals surface area contributed by atoms with Gasteiger partial charge in [-0.3, -0.25) is 4.79 Å². The molecule has 0 unspecified atom stereocenters. The van der Waals surface area contributed by atoms with Gasteiger partial charge in [-0.25, -0.2) is 8.42 Å². The van der Waals surface area contributed by atoms with Crippen LogP contribution in [0.1, 0.15) is 12.5 Å². The molecule has 2 aliphatic heterocycles. The molecule has 2 saturated heterocycles. The summed E-state index contributed by atoms with van der Waals surface area (Å²) < 4.78 is 62.9. The van der Waals surface area contributed by atoms with Crippen LogP contribution in [0.5, 0.6) is 0 Å². The van der Waals surface area contributed by atoms with Gasteiger partial charge in [-0.05, 0) is 18.2 Å². The average Bonchev–Trinajstić information content (AvgIpc) is 2.89. The second-order valence-corrected chi connectivity index (χ2v) is 9.52. The summed E-state index contributed by atoms with van der Waals surface area (Å²) in [6.45, 7) is 1.21. The van der Waals surface area contributed by atoms with Gasteiger partial charge < -0.3 is 4.90 Å². The van der Waals surface area contributed by atoms with Gasteiger partial charge in [-0.15, -0.1) is 0 Å². The molecule has 1 aromatic rings. The smallest absolute Gasteiger partial charge is 0.314 e. The number of carbonyl (C=O) groups is 1. The van der Waals surface area contributed by atoms with Gasteiger partial charge in [0.2, 0.25) is 5.91 Å². The van der Waals surface area contributed by atoms with Gasteiger partial charge in [0.15, 0.2) is 15.0 Å². The molecule has 2 heterocycles. The Hall–Kier alpha value is -1.26. The molecule has 2 fully saturated rings. The molecule has 0 aromatic heterocycles. The van der Waals surface area contributed by atoms with E-state index < -0.39 is 38.8 Å². The Balaban J connectivity index is 2.12. The number of halogens is 4. The molecule has 0 aliphatic carbocycles. The SMILES string of the molecule is CC(=O)N=C1S[C@@H]2CS(=O)(=O)C[C@@H]2N1c1cc(C(F)(F)F)ccc1Cl. The predicted molar refractivity (Wildman–Crippen MR) is 90.9 cm³/mol. The summed E-state index contributed by atoms with van der Waals surface area (Å²) in [6, 6.07) is 2.19. The third-order valence-electron chi connectivity index (χ3n) is 3.85. The number of aliphatic imine (C=N–C) groups is 1. The molecule has 1 amide bonds. The summed E-state index contributed by atoms with van der Waals surface area (Å²) in [6.07, 6.45) is -4.58. The molecular weight excluding hydrogens is 401 g/mol. The normalized spacial score (nSPS) is 26.9. The summed E-state index contributed by atoms with van der Waals surface area (Å²) in [5.74, 6) is -0.876. The Morgan fingerprint density at radius 1 is 1.36 bits per heavy atom. The monoisotopic (exact) mass is 412 g/mol. The number of amides is 1. The highest BCUT2D eigenvalue weighted by molar-refractivity contribution is 8.16. The van der Waals surface area contributed by atoms with Crippen LogP contribution in [0.4, 0.5) is 18.9 Å². The van der Waals surface area contributed by atoms with E-state index in [0.29, 0.717) is 0 Å². The van der Waals surface area contributed by atoms with E-state index in [0.717, 1.165) is 30.0 Å². The van der Waals surface area contributed by atoms with E-state index in [9.17, 15) is 26.4 Å². The zero-order valence-corrected chi connectivity index (χ0v) is 15.1. The summed E-state index contributed by atoms with van der Waals surface area (Å²) in [5, 5.41) is -0.220. The van der Waals surface area contributed by atoms with Crippen LogP contribution in [0.3, 0.4) is 0 Å². The zero-order chi connectivity index (χ0) is 18.6. The fraction of sp³-hybridized carbons (Fsp3) is 0.429.